The molecule has 0 saturated heterocycles. The van der Waals surface area contributed by atoms with Crippen LogP contribution in [0, 0.1) is 0 Å². The van der Waals surface area contributed by atoms with Gasteiger partial charge in [-0.3, -0.25) is 0 Å². The molecule has 2 heterocycles. The Morgan fingerprint density at radius 1 is 1.17 bits per heavy atom. The zero-order chi connectivity index (χ0) is 12.6. The highest BCUT2D eigenvalue weighted by atomic mass is 32.1. The molecule has 0 fully saturated rings. The normalized spacial score (nSPS) is 17.9. The average molecular weight is 274 g/mol. The maximum absolute atomic E-state index is 5.72. The van der Waals surface area contributed by atoms with Gasteiger partial charge in [-0.05, 0) is 0 Å². The lowest BCUT2D eigenvalue weighted by Gasteiger charge is -2.24. The molecule has 6 heteroatoms. The molecule has 1 atom stereocenters. The van der Waals surface area contributed by atoms with Gasteiger partial charge in [-0.25, -0.2) is 0 Å². The van der Waals surface area contributed by atoms with Gasteiger partial charge in [-0.2, -0.15) is 0 Å². The van der Waals surface area contributed by atoms with Crippen LogP contribution in [-0.2, 0) is 14.2 Å². The Labute approximate surface area is 111 Å². The molecule has 1 aromatic rings. The molecule has 0 bridgehead atoms. The van der Waals surface area contributed by atoms with E-state index < -0.39 is 0 Å². The first-order valence-corrected chi connectivity index (χ1v) is 6.84. The van der Waals surface area contributed by atoms with Crippen molar-refractivity contribution in [1.82, 2.24) is 0 Å². The van der Waals surface area contributed by atoms with Crippen LogP contribution in [0.4, 0.5) is 0 Å². The molecule has 5 nitrogen and oxygen atoms in total. The molecule has 0 radical (unpaired) electrons. The molecule has 18 heavy (non-hydrogen) atoms. The van der Waals surface area contributed by atoms with Crippen LogP contribution in [-0.4, -0.2) is 52.9 Å². The number of thiophene rings is 1. The summed E-state index contributed by atoms with van der Waals surface area (Å²) >= 11 is 1.57. The smallest absolute Gasteiger partial charge is 0.172 e. The Morgan fingerprint density at radius 3 is 2.83 bits per heavy atom. The highest BCUT2D eigenvalue weighted by Gasteiger charge is 2.21. The largest absolute Gasteiger partial charge is 0.485 e. The van der Waals surface area contributed by atoms with Gasteiger partial charge >= 0.3 is 0 Å². The number of hydrogen-bond donors (Lipinski definition) is 0. The molecule has 0 amide bonds. The monoisotopic (exact) mass is 274 g/mol. The Balaban J connectivity index is 1.53. The zero-order valence-electron chi connectivity index (χ0n) is 10.4. The molecule has 2 rings (SSSR count). The highest BCUT2D eigenvalue weighted by molar-refractivity contribution is 7.08. The minimum Gasteiger partial charge on any atom is -0.485 e. The molecule has 1 unspecified atom stereocenters. The molecule has 0 aliphatic carbocycles. The fourth-order valence-electron chi connectivity index (χ4n) is 1.52. The van der Waals surface area contributed by atoms with Gasteiger partial charge < -0.3 is 23.7 Å². The summed E-state index contributed by atoms with van der Waals surface area (Å²) in [6.45, 7) is 3.39. The third-order valence-corrected chi connectivity index (χ3v) is 3.12. The minimum atomic E-state index is -0.0360. The van der Waals surface area contributed by atoms with Crippen molar-refractivity contribution in [2.75, 3.05) is 46.8 Å². The average Bonchev–Trinajstić information content (AvgIpc) is 2.85. The van der Waals surface area contributed by atoms with E-state index >= 15 is 0 Å². The Bertz CT molecular complexity index is 341. The molecule has 102 valence electrons. The van der Waals surface area contributed by atoms with Gasteiger partial charge in [0.15, 0.2) is 17.6 Å². The number of methoxy groups -OCH3 is 1. The van der Waals surface area contributed by atoms with E-state index in [0.717, 1.165) is 11.5 Å². The van der Waals surface area contributed by atoms with E-state index in [1.54, 1.807) is 18.4 Å². The fourth-order valence-corrected chi connectivity index (χ4v) is 2.19. The van der Waals surface area contributed by atoms with E-state index in [1.807, 2.05) is 10.8 Å². The Morgan fingerprint density at radius 2 is 1.94 bits per heavy atom. The lowest BCUT2D eigenvalue weighted by atomic mass is 10.3. The van der Waals surface area contributed by atoms with Crippen LogP contribution in [0.3, 0.4) is 0 Å². The Kier molecular flexibility index (Phi) is 5.73. The summed E-state index contributed by atoms with van der Waals surface area (Å²) in [7, 11) is 1.65. The number of hydrogen-bond acceptors (Lipinski definition) is 6. The Hall–Kier alpha value is -0.820. The predicted octanol–water partition coefficient (Wildman–Crippen LogP) is 1.57. The van der Waals surface area contributed by atoms with E-state index in [1.165, 1.54) is 0 Å². The summed E-state index contributed by atoms with van der Waals surface area (Å²) < 4.78 is 26.9. The molecular weight excluding hydrogens is 256 g/mol. The third kappa shape index (κ3) is 4.13. The molecular formula is C12H18O5S. The second-order valence-electron chi connectivity index (χ2n) is 3.83. The molecule has 0 spiro atoms. The highest BCUT2D eigenvalue weighted by Crippen LogP contribution is 2.35. The van der Waals surface area contributed by atoms with Gasteiger partial charge in [0.05, 0.1) is 33.0 Å². The van der Waals surface area contributed by atoms with E-state index in [2.05, 4.69) is 0 Å². The summed E-state index contributed by atoms with van der Waals surface area (Å²) in [6.07, 6.45) is -0.0360. The van der Waals surface area contributed by atoms with Gasteiger partial charge in [0.2, 0.25) is 0 Å². The predicted molar refractivity (Wildman–Crippen MR) is 67.7 cm³/mol. The number of ether oxygens (including phenoxy) is 5. The second-order valence-corrected chi connectivity index (χ2v) is 4.57. The van der Waals surface area contributed by atoms with Crippen molar-refractivity contribution in [3.05, 3.63) is 10.8 Å². The summed E-state index contributed by atoms with van der Waals surface area (Å²) in [5.74, 6) is 1.65. The first-order valence-electron chi connectivity index (χ1n) is 5.90. The van der Waals surface area contributed by atoms with Gasteiger partial charge in [0, 0.05) is 17.9 Å². The third-order valence-electron chi connectivity index (χ3n) is 2.42. The summed E-state index contributed by atoms with van der Waals surface area (Å²) in [5.41, 5.74) is 0. The van der Waals surface area contributed by atoms with E-state index in [0.29, 0.717) is 39.6 Å². The lowest BCUT2D eigenvalue weighted by Crippen LogP contribution is -2.33. The van der Waals surface area contributed by atoms with Crippen LogP contribution in [0.5, 0.6) is 11.5 Å². The van der Waals surface area contributed by atoms with Crippen molar-refractivity contribution < 1.29 is 23.7 Å². The molecule has 0 saturated carbocycles. The standard InChI is InChI=1S/C12H18O5S/c1-13-2-3-14-4-5-15-6-10-7-16-11-8-18-9-12(11)17-10/h8-10H,2-7H2,1H3. The minimum absolute atomic E-state index is 0.0360. The first kappa shape index (κ1) is 13.6. The lowest BCUT2D eigenvalue weighted by molar-refractivity contribution is -0.0175. The van der Waals surface area contributed by atoms with Crippen molar-refractivity contribution in [2.24, 2.45) is 0 Å². The molecule has 1 aliphatic heterocycles. The number of rotatable bonds is 8. The number of fused-ring (bicyclic) bond motifs is 1. The fraction of sp³-hybridized carbons (Fsp3) is 0.667. The van der Waals surface area contributed by atoms with Crippen LogP contribution in [0.25, 0.3) is 0 Å². The van der Waals surface area contributed by atoms with Gasteiger partial charge in [-0.1, -0.05) is 0 Å². The van der Waals surface area contributed by atoms with Crippen LogP contribution in [0.2, 0.25) is 0 Å². The van der Waals surface area contributed by atoms with Gasteiger partial charge in [0.25, 0.3) is 0 Å². The van der Waals surface area contributed by atoms with E-state index in [9.17, 15) is 0 Å². The maximum atomic E-state index is 5.72. The SMILES string of the molecule is COCCOCCOCC1COc2cscc2O1. The summed E-state index contributed by atoms with van der Waals surface area (Å²) in [5, 5.41) is 3.88. The van der Waals surface area contributed by atoms with Crippen molar-refractivity contribution in [1.29, 1.82) is 0 Å². The van der Waals surface area contributed by atoms with Crippen molar-refractivity contribution in [3.63, 3.8) is 0 Å². The van der Waals surface area contributed by atoms with Crippen molar-refractivity contribution in [2.45, 2.75) is 6.10 Å². The maximum Gasteiger partial charge on any atom is 0.172 e. The molecule has 0 aromatic carbocycles. The summed E-state index contributed by atoms with van der Waals surface area (Å²) in [4.78, 5) is 0. The molecule has 1 aromatic heterocycles. The van der Waals surface area contributed by atoms with E-state index in [-0.39, 0.29) is 6.10 Å². The van der Waals surface area contributed by atoms with Gasteiger partial charge in [-0.15, -0.1) is 11.3 Å². The molecule has 0 N–H and O–H groups in total. The van der Waals surface area contributed by atoms with Gasteiger partial charge in [0.1, 0.15) is 6.61 Å². The summed E-state index contributed by atoms with van der Waals surface area (Å²) in [6, 6.07) is 0. The second kappa shape index (κ2) is 7.58. The van der Waals surface area contributed by atoms with Crippen molar-refractivity contribution >= 4 is 11.3 Å². The van der Waals surface area contributed by atoms with E-state index in [4.69, 9.17) is 23.7 Å². The quantitative estimate of drug-likeness (QED) is 0.673. The topological polar surface area (TPSA) is 46.2 Å². The van der Waals surface area contributed by atoms with Crippen LogP contribution < -0.4 is 9.47 Å². The van der Waals surface area contributed by atoms with Crippen LogP contribution >= 0.6 is 11.3 Å². The zero-order valence-corrected chi connectivity index (χ0v) is 11.2. The van der Waals surface area contributed by atoms with Crippen LogP contribution in [0.15, 0.2) is 10.8 Å². The van der Waals surface area contributed by atoms with Crippen molar-refractivity contribution in [3.8, 4) is 11.5 Å². The molecule has 1 aliphatic rings. The van der Waals surface area contributed by atoms with Crippen LogP contribution in [0.1, 0.15) is 0 Å². The first-order chi connectivity index (χ1) is 8.90.